The molecule has 0 spiro atoms. The molecule has 17 heavy (non-hydrogen) atoms. The minimum Gasteiger partial charge on any atom is -0.289 e. The van der Waals surface area contributed by atoms with E-state index < -0.39 is 0 Å². The molecule has 0 aliphatic heterocycles. The van der Waals surface area contributed by atoms with Crippen LogP contribution >= 0.6 is 0 Å². The van der Waals surface area contributed by atoms with Crippen molar-refractivity contribution in [3.8, 4) is 0 Å². The molecule has 2 rings (SSSR count). The van der Waals surface area contributed by atoms with Crippen molar-refractivity contribution >= 4 is 11.9 Å². The number of carbonyl (C=O) groups excluding carboxylic acids is 1. The third-order valence-electron chi connectivity index (χ3n) is 2.53. The van der Waals surface area contributed by atoms with Crippen LogP contribution in [0.4, 0.5) is 0 Å². The topological polar surface area (TPSA) is 17.1 Å². The van der Waals surface area contributed by atoms with Gasteiger partial charge in [0.2, 0.25) is 0 Å². The number of aryl methyl sites for hydroxylation is 1. The fourth-order valence-corrected chi connectivity index (χ4v) is 1.63. The summed E-state index contributed by atoms with van der Waals surface area (Å²) in [7, 11) is 0. The molecule has 0 unspecified atom stereocenters. The van der Waals surface area contributed by atoms with Crippen LogP contribution in [0.2, 0.25) is 0 Å². The van der Waals surface area contributed by atoms with Gasteiger partial charge in [0.1, 0.15) is 0 Å². The number of benzene rings is 2. The molecular weight excluding hydrogens is 208 g/mol. The Hall–Kier alpha value is -2.15. The Morgan fingerprint density at radius 2 is 1.76 bits per heavy atom. The Morgan fingerprint density at radius 3 is 2.47 bits per heavy atom. The summed E-state index contributed by atoms with van der Waals surface area (Å²) in [5.74, 6) is 0.0394. The van der Waals surface area contributed by atoms with Gasteiger partial charge in [-0.2, -0.15) is 0 Å². The highest BCUT2D eigenvalue weighted by Crippen LogP contribution is 2.07. The van der Waals surface area contributed by atoms with E-state index in [1.165, 1.54) is 0 Å². The van der Waals surface area contributed by atoms with E-state index in [1.54, 1.807) is 6.08 Å². The Morgan fingerprint density at radius 1 is 1.00 bits per heavy atom. The van der Waals surface area contributed by atoms with Crippen LogP contribution in [-0.2, 0) is 0 Å². The molecule has 0 N–H and O–H groups in total. The van der Waals surface area contributed by atoms with E-state index in [1.807, 2.05) is 67.6 Å². The van der Waals surface area contributed by atoms with Crippen LogP contribution in [0.15, 0.2) is 60.7 Å². The molecular formula is C16H14O. The Balaban J connectivity index is 2.15. The van der Waals surface area contributed by atoms with Crippen molar-refractivity contribution in [1.82, 2.24) is 0 Å². The van der Waals surface area contributed by atoms with E-state index in [4.69, 9.17) is 0 Å². The molecule has 0 fully saturated rings. The van der Waals surface area contributed by atoms with Crippen LogP contribution in [0.3, 0.4) is 0 Å². The lowest BCUT2D eigenvalue weighted by molar-refractivity contribution is 0.104. The molecule has 0 saturated heterocycles. The summed E-state index contributed by atoms with van der Waals surface area (Å²) in [5, 5.41) is 0. The number of rotatable bonds is 3. The quantitative estimate of drug-likeness (QED) is 0.568. The lowest BCUT2D eigenvalue weighted by Crippen LogP contribution is -1.94. The molecule has 0 aliphatic rings. The van der Waals surface area contributed by atoms with Crippen LogP contribution < -0.4 is 0 Å². The number of hydrogen-bond donors (Lipinski definition) is 0. The summed E-state index contributed by atoms with van der Waals surface area (Å²) in [6.45, 7) is 1.98. The van der Waals surface area contributed by atoms with Crippen molar-refractivity contribution in [2.75, 3.05) is 0 Å². The van der Waals surface area contributed by atoms with Crippen molar-refractivity contribution in [3.05, 3.63) is 77.4 Å². The molecule has 1 nitrogen and oxygen atoms in total. The maximum Gasteiger partial charge on any atom is 0.185 e. The lowest BCUT2D eigenvalue weighted by Gasteiger charge is -1.97. The highest BCUT2D eigenvalue weighted by molar-refractivity contribution is 6.06. The smallest absolute Gasteiger partial charge is 0.185 e. The maximum absolute atomic E-state index is 11.9. The van der Waals surface area contributed by atoms with Crippen LogP contribution in [0.5, 0.6) is 0 Å². The monoisotopic (exact) mass is 222 g/mol. The molecule has 0 amide bonds. The second-order valence-electron chi connectivity index (χ2n) is 3.98. The van der Waals surface area contributed by atoms with Gasteiger partial charge in [-0.1, -0.05) is 60.2 Å². The minimum atomic E-state index is 0.0394. The largest absolute Gasteiger partial charge is 0.289 e. The molecule has 0 aromatic heterocycles. The van der Waals surface area contributed by atoms with Gasteiger partial charge in [-0.15, -0.1) is 0 Å². The normalized spacial score (nSPS) is 10.6. The molecule has 0 bridgehead atoms. The third-order valence-corrected chi connectivity index (χ3v) is 2.53. The summed E-state index contributed by atoms with van der Waals surface area (Å²) in [6.07, 6.45) is 3.45. The average Bonchev–Trinajstić information content (AvgIpc) is 2.37. The summed E-state index contributed by atoms with van der Waals surface area (Å²) in [5.41, 5.74) is 2.87. The average molecular weight is 222 g/mol. The van der Waals surface area contributed by atoms with E-state index in [9.17, 15) is 4.79 Å². The molecule has 0 aliphatic carbocycles. The van der Waals surface area contributed by atoms with Crippen molar-refractivity contribution < 1.29 is 4.79 Å². The maximum atomic E-state index is 11.9. The van der Waals surface area contributed by atoms with Gasteiger partial charge in [0.15, 0.2) is 5.78 Å². The summed E-state index contributed by atoms with van der Waals surface area (Å²) in [6, 6.07) is 17.4. The zero-order chi connectivity index (χ0) is 12.1. The van der Waals surface area contributed by atoms with Gasteiger partial charge in [-0.25, -0.2) is 0 Å². The van der Waals surface area contributed by atoms with E-state index >= 15 is 0 Å². The SMILES string of the molecule is Cc1cccc(C(=O)/C=C/c2ccccc2)c1. The highest BCUT2D eigenvalue weighted by Gasteiger charge is 2.00. The van der Waals surface area contributed by atoms with Crippen molar-refractivity contribution in [2.24, 2.45) is 0 Å². The summed E-state index contributed by atoms with van der Waals surface area (Å²) < 4.78 is 0. The number of allylic oxidation sites excluding steroid dienone is 1. The molecule has 2 aromatic carbocycles. The first-order valence-electron chi connectivity index (χ1n) is 5.60. The van der Waals surface area contributed by atoms with Crippen molar-refractivity contribution in [3.63, 3.8) is 0 Å². The molecule has 0 heterocycles. The van der Waals surface area contributed by atoms with Crippen LogP contribution in [0.1, 0.15) is 21.5 Å². The summed E-state index contributed by atoms with van der Waals surface area (Å²) >= 11 is 0. The van der Waals surface area contributed by atoms with Crippen LogP contribution in [-0.4, -0.2) is 5.78 Å². The van der Waals surface area contributed by atoms with Gasteiger partial charge in [-0.3, -0.25) is 4.79 Å². The van der Waals surface area contributed by atoms with Crippen LogP contribution in [0, 0.1) is 6.92 Å². The zero-order valence-corrected chi connectivity index (χ0v) is 9.76. The summed E-state index contributed by atoms with van der Waals surface area (Å²) in [4.78, 5) is 11.9. The van der Waals surface area contributed by atoms with E-state index in [0.29, 0.717) is 0 Å². The van der Waals surface area contributed by atoms with Gasteiger partial charge in [0, 0.05) is 5.56 Å². The van der Waals surface area contributed by atoms with E-state index in [0.717, 1.165) is 16.7 Å². The predicted molar refractivity (Wildman–Crippen MR) is 71.0 cm³/mol. The van der Waals surface area contributed by atoms with Gasteiger partial charge in [-0.05, 0) is 24.6 Å². The van der Waals surface area contributed by atoms with Crippen LogP contribution in [0.25, 0.3) is 6.08 Å². The molecule has 2 aromatic rings. The van der Waals surface area contributed by atoms with E-state index in [-0.39, 0.29) is 5.78 Å². The predicted octanol–water partition coefficient (Wildman–Crippen LogP) is 3.89. The minimum absolute atomic E-state index is 0.0394. The fourth-order valence-electron chi connectivity index (χ4n) is 1.63. The lowest BCUT2D eigenvalue weighted by atomic mass is 10.1. The fraction of sp³-hybridized carbons (Fsp3) is 0.0625. The molecule has 0 radical (unpaired) electrons. The Kier molecular flexibility index (Phi) is 3.51. The highest BCUT2D eigenvalue weighted by atomic mass is 16.1. The molecule has 84 valence electrons. The number of hydrogen-bond acceptors (Lipinski definition) is 1. The Labute approximate surface area is 101 Å². The molecule has 1 heteroatoms. The second kappa shape index (κ2) is 5.26. The first-order chi connectivity index (χ1) is 8.25. The van der Waals surface area contributed by atoms with Crippen molar-refractivity contribution in [1.29, 1.82) is 0 Å². The first-order valence-corrected chi connectivity index (χ1v) is 5.60. The van der Waals surface area contributed by atoms with Crippen molar-refractivity contribution in [2.45, 2.75) is 6.92 Å². The van der Waals surface area contributed by atoms with Gasteiger partial charge >= 0.3 is 0 Å². The first kappa shape index (κ1) is 11.3. The van der Waals surface area contributed by atoms with E-state index in [2.05, 4.69) is 0 Å². The standard InChI is InChI=1S/C16H14O/c1-13-6-5-9-15(12-13)16(17)11-10-14-7-3-2-4-8-14/h2-12H,1H3/b11-10+. The van der Waals surface area contributed by atoms with Gasteiger partial charge in [0.25, 0.3) is 0 Å². The Bertz CT molecular complexity index is 538. The number of ketones is 1. The molecule has 0 atom stereocenters. The number of carbonyl (C=O) groups is 1. The third kappa shape index (κ3) is 3.15. The zero-order valence-electron chi connectivity index (χ0n) is 9.76. The van der Waals surface area contributed by atoms with Gasteiger partial charge in [0.05, 0.1) is 0 Å². The molecule has 0 saturated carbocycles. The van der Waals surface area contributed by atoms with Gasteiger partial charge < -0.3 is 0 Å². The second-order valence-corrected chi connectivity index (χ2v) is 3.98.